The monoisotopic (exact) mass is 188 g/mol. The highest BCUT2D eigenvalue weighted by atomic mass is 14.2. The smallest absolute Gasteiger partial charge is 0.0162 e. The molecule has 0 amide bonds. The van der Waals surface area contributed by atoms with Crippen LogP contribution in [0.4, 0.5) is 0 Å². The van der Waals surface area contributed by atoms with Gasteiger partial charge >= 0.3 is 0 Å². The normalized spacial score (nSPS) is 18.4. The van der Waals surface area contributed by atoms with Gasteiger partial charge in [0.05, 0.1) is 0 Å². The van der Waals surface area contributed by atoms with Gasteiger partial charge in [-0.1, -0.05) is 50.5 Å². The summed E-state index contributed by atoms with van der Waals surface area (Å²) in [5.41, 5.74) is 3.08. The average Bonchev–Trinajstić information content (AvgIpc) is 2.30. The molecule has 0 aromatic heterocycles. The molecule has 14 heavy (non-hydrogen) atoms. The number of aryl methyl sites for hydroxylation is 1. The second-order valence-electron chi connectivity index (χ2n) is 4.43. The fourth-order valence-corrected chi connectivity index (χ4v) is 2.50. The van der Waals surface area contributed by atoms with E-state index < -0.39 is 0 Å². The zero-order valence-corrected chi connectivity index (χ0v) is 9.13. The van der Waals surface area contributed by atoms with Gasteiger partial charge < -0.3 is 0 Å². The van der Waals surface area contributed by atoms with Crippen LogP contribution >= 0.6 is 0 Å². The fourth-order valence-electron chi connectivity index (χ4n) is 2.50. The minimum Gasteiger partial charge on any atom is -0.0617 e. The van der Waals surface area contributed by atoms with E-state index in [2.05, 4.69) is 31.2 Å². The lowest BCUT2D eigenvalue weighted by molar-refractivity contribution is 0.443. The van der Waals surface area contributed by atoms with Gasteiger partial charge in [-0.25, -0.2) is 0 Å². The molecule has 1 saturated carbocycles. The van der Waals surface area contributed by atoms with Crippen LogP contribution in [0.3, 0.4) is 0 Å². The first-order chi connectivity index (χ1) is 6.90. The van der Waals surface area contributed by atoms with E-state index in [9.17, 15) is 0 Å². The van der Waals surface area contributed by atoms with Crippen LogP contribution < -0.4 is 0 Å². The lowest BCUT2D eigenvalue weighted by atomic mass is 9.83. The molecule has 0 N–H and O–H groups in total. The third-order valence-corrected chi connectivity index (χ3v) is 3.44. The third-order valence-electron chi connectivity index (χ3n) is 3.44. The average molecular weight is 188 g/mol. The van der Waals surface area contributed by atoms with Crippen molar-refractivity contribution < 1.29 is 0 Å². The molecule has 0 spiro atoms. The first-order valence-electron chi connectivity index (χ1n) is 5.99. The summed E-state index contributed by atoms with van der Waals surface area (Å²) in [7, 11) is 0. The minimum absolute atomic E-state index is 0.857. The number of hydrogen-bond donors (Lipinski definition) is 0. The molecule has 0 saturated heterocycles. The Morgan fingerprint density at radius 3 is 2.64 bits per heavy atom. The molecule has 0 aliphatic heterocycles. The van der Waals surface area contributed by atoms with Gasteiger partial charge in [-0.2, -0.15) is 0 Å². The van der Waals surface area contributed by atoms with Crippen LogP contribution in [0.2, 0.25) is 0 Å². The van der Waals surface area contributed by atoms with Crippen molar-refractivity contribution in [1.29, 1.82) is 0 Å². The lowest BCUT2D eigenvalue weighted by Gasteiger charge is -2.22. The summed E-state index contributed by atoms with van der Waals surface area (Å²) in [5, 5.41) is 0. The molecule has 2 rings (SSSR count). The second kappa shape index (κ2) is 4.63. The van der Waals surface area contributed by atoms with E-state index in [0.29, 0.717) is 0 Å². The van der Waals surface area contributed by atoms with E-state index in [1.165, 1.54) is 44.1 Å². The van der Waals surface area contributed by atoms with E-state index in [1.54, 1.807) is 5.56 Å². The summed E-state index contributed by atoms with van der Waals surface area (Å²) < 4.78 is 0. The SMILES string of the molecule is CCc1cccc(C2CCCCC2)c1. The standard InChI is InChI=1S/C14H20/c1-2-12-7-6-10-14(11-12)13-8-4-3-5-9-13/h6-7,10-11,13H,2-5,8-9H2,1H3. The Kier molecular flexibility index (Phi) is 3.23. The van der Waals surface area contributed by atoms with Crippen molar-refractivity contribution in [1.82, 2.24) is 0 Å². The van der Waals surface area contributed by atoms with Crippen molar-refractivity contribution in [2.75, 3.05) is 0 Å². The molecule has 0 bridgehead atoms. The summed E-state index contributed by atoms with van der Waals surface area (Å²) in [6.07, 6.45) is 8.30. The molecule has 0 heteroatoms. The molecule has 1 fully saturated rings. The Balaban J connectivity index is 2.13. The second-order valence-corrected chi connectivity index (χ2v) is 4.43. The molecule has 0 atom stereocenters. The number of rotatable bonds is 2. The molecular formula is C14H20. The fraction of sp³-hybridized carbons (Fsp3) is 0.571. The van der Waals surface area contributed by atoms with Crippen LogP contribution in [0.5, 0.6) is 0 Å². The van der Waals surface area contributed by atoms with Crippen molar-refractivity contribution in [3.8, 4) is 0 Å². The molecule has 0 heterocycles. The predicted octanol–water partition coefficient (Wildman–Crippen LogP) is 4.30. The summed E-state index contributed by atoms with van der Waals surface area (Å²) in [4.78, 5) is 0. The minimum atomic E-state index is 0.857. The molecule has 1 aromatic carbocycles. The highest BCUT2D eigenvalue weighted by Crippen LogP contribution is 2.32. The van der Waals surface area contributed by atoms with E-state index in [-0.39, 0.29) is 0 Å². The Bertz CT molecular complexity index is 282. The van der Waals surface area contributed by atoms with Gasteiger partial charge in [0, 0.05) is 0 Å². The first-order valence-corrected chi connectivity index (χ1v) is 5.99. The maximum Gasteiger partial charge on any atom is -0.0162 e. The molecule has 1 aliphatic carbocycles. The van der Waals surface area contributed by atoms with Gasteiger partial charge in [-0.05, 0) is 36.3 Å². The van der Waals surface area contributed by atoms with Gasteiger partial charge in [-0.3, -0.25) is 0 Å². The van der Waals surface area contributed by atoms with E-state index in [0.717, 1.165) is 5.92 Å². The van der Waals surface area contributed by atoms with Gasteiger partial charge in [-0.15, -0.1) is 0 Å². The van der Waals surface area contributed by atoms with Crippen LogP contribution in [-0.4, -0.2) is 0 Å². The maximum absolute atomic E-state index is 2.41. The highest BCUT2D eigenvalue weighted by molar-refractivity contribution is 5.26. The summed E-state index contributed by atoms with van der Waals surface area (Å²) >= 11 is 0. The lowest BCUT2D eigenvalue weighted by Crippen LogP contribution is -2.04. The zero-order chi connectivity index (χ0) is 9.80. The largest absolute Gasteiger partial charge is 0.0617 e. The van der Waals surface area contributed by atoms with Crippen LogP contribution in [0.25, 0.3) is 0 Å². The van der Waals surface area contributed by atoms with Gasteiger partial charge in [0.25, 0.3) is 0 Å². The van der Waals surface area contributed by atoms with Crippen LogP contribution in [0, 0.1) is 0 Å². The molecule has 0 unspecified atom stereocenters. The Hall–Kier alpha value is -0.780. The topological polar surface area (TPSA) is 0 Å². The van der Waals surface area contributed by atoms with Crippen molar-refractivity contribution in [3.63, 3.8) is 0 Å². The number of benzene rings is 1. The highest BCUT2D eigenvalue weighted by Gasteiger charge is 2.14. The predicted molar refractivity (Wildman–Crippen MR) is 61.6 cm³/mol. The van der Waals surface area contributed by atoms with E-state index >= 15 is 0 Å². The molecule has 76 valence electrons. The van der Waals surface area contributed by atoms with Gasteiger partial charge in [0.1, 0.15) is 0 Å². The first kappa shape index (κ1) is 9.76. The van der Waals surface area contributed by atoms with Gasteiger partial charge in [0.2, 0.25) is 0 Å². The Morgan fingerprint density at radius 1 is 1.14 bits per heavy atom. The molecule has 0 nitrogen and oxygen atoms in total. The van der Waals surface area contributed by atoms with Crippen molar-refractivity contribution in [2.45, 2.75) is 51.4 Å². The Labute approximate surface area is 87.3 Å². The molecule has 0 radical (unpaired) electrons. The quantitative estimate of drug-likeness (QED) is 0.649. The number of hydrogen-bond acceptors (Lipinski definition) is 0. The molecular weight excluding hydrogens is 168 g/mol. The summed E-state index contributed by atoms with van der Waals surface area (Å²) in [6.45, 7) is 2.24. The van der Waals surface area contributed by atoms with Crippen molar-refractivity contribution >= 4 is 0 Å². The summed E-state index contributed by atoms with van der Waals surface area (Å²) in [6, 6.07) is 9.19. The summed E-state index contributed by atoms with van der Waals surface area (Å²) in [5.74, 6) is 0.857. The van der Waals surface area contributed by atoms with E-state index in [4.69, 9.17) is 0 Å². The third kappa shape index (κ3) is 2.17. The van der Waals surface area contributed by atoms with Crippen LogP contribution in [-0.2, 0) is 6.42 Å². The zero-order valence-electron chi connectivity index (χ0n) is 9.13. The van der Waals surface area contributed by atoms with E-state index in [1.807, 2.05) is 0 Å². The van der Waals surface area contributed by atoms with Crippen LogP contribution in [0.1, 0.15) is 56.1 Å². The van der Waals surface area contributed by atoms with Crippen molar-refractivity contribution in [2.24, 2.45) is 0 Å². The van der Waals surface area contributed by atoms with Crippen LogP contribution in [0.15, 0.2) is 24.3 Å². The molecule has 1 aliphatic rings. The molecule has 1 aromatic rings. The Morgan fingerprint density at radius 2 is 1.93 bits per heavy atom. The van der Waals surface area contributed by atoms with Gasteiger partial charge in [0.15, 0.2) is 0 Å². The van der Waals surface area contributed by atoms with Crippen molar-refractivity contribution in [3.05, 3.63) is 35.4 Å². The maximum atomic E-state index is 2.41.